The predicted molar refractivity (Wildman–Crippen MR) is 208 cm³/mol. The zero-order valence-corrected chi connectivity index (χ0v) is 32.2. The molecule has 0 radical (unpaired) electrons. The van der Waals surface area contributed by atoms with Gasteiger partial charge in [-0.25, -0.2) is 9.78 Å². The Labute approximate surface area is 327 Å². The van der Waals surface area contributed by atoms with Crippen LogP contribution in [-0.4, -0.2) is 89.7 Å². The van der Waals surface area contributed by atoms with Crippen molar-refractivity contribution in [3.8, 4) is 0 Å². The van der Waals surface area contributed by atoms with Crippen molar-refractivity contribution in [2.45, 2.75) is 61.7 Å². The van der Waals surface area contributed by atoms with Gasteiger partial charge in [0.15, 0.2) is 0 Å². The number of nitrogens with one attached hydrogen (secondary N) is 2. The normalized spacial score (nSPS) is 21.6. The van der Waals surface area contributed by atoms with Crippen LogP contribution in [0.4, 0.5) is 24.5 Å². The number of para-hydroxylation sites is 1. The summed E-state index contributed by atoms with van der Waals surface area (Å²) in [4.78, 5) is 59.4. The van der Waals surface area contributed by atoms with Crippen molar-refractivity contribution in [1.82, 2.24) is 34.1 Å². The molecule has 1 saturated carbocycles. The summed E-state index contributed by atoms with van der Waals surface area (Å²) in [6.45, 7) is 4.29. The highest BCUT2D eigenvalue weighted by molar-refractivity contribution is 7.84. The first-order valence-corrected chi connectivity index (χ1v) is 20.5. The zero-order chi connectivity index (χ0) is 40.2. The van der Waals surface area contributed by atoms with E-state index in [0.717, 1.165) is 81.7 Å². The molecule has 0 spiro atoms. The molecule has 5 aromatic rings. The molecule has 5 heterocycles. The average molecular weight is 806 g/mol. The minimum atomic E-state index is -4.70. The van der Waals surface area contributed by atoms with Crippen LogP contribution >= 0.6 is 0 Å². The third-order valence-corrected chi connectivity index (χ3v) is 12.4. The Morgan fingerprint density at radius 2 is 1.72 bits per heavy atom. The highest BCUT2D eigenvalue weighted by atomic mass is 32.2. The Balaban J connectivity index is 0.888. The van der Waals surface area contributed by atoms with E-state index in [-0.39, 0.29) is 36.2 Å². The van der Waals surface area contributed by atoms with Crippen molar-refractivity contribution >= 4 is 61.8 Å². The summed E-state index contributed by atoms with van der Waals surface area (Å²) >= 11 is 0. The van der Waals surface area contributed by atoms with E-state index in [9.17, 15) is 36.6 Å². The molecule has 2 atom stereocenters. The van der Waals surface area contributed by atoms with Gasteiger partial charge in [0.2, 0.25) is 11.8 Å². The van der Waals surface area contributed by atoms with Crippen LogP contribution in [0.3, 0.4) is 0 Å². The van der Waals surface area contributed by atoms with E-state index < -0.39 is 46.2 Å². The van der Waals surface area contributed by atoms with E-state index >= 15 is 0 Å². The lowest BCUT2D eigenvalue weighted by molar-refractivity contribution is -0.141. The molecule has 3 aromatic heterocycles. The summed E-state index contributed by atoms with van der Waals surface area (Å²) in [5.41, 5.74) is 1.37. The van der Waals surface area contributed by atoms with Gasteiger partial charge in [-0.05, 0) is 74.4 Å². The third-order valence-electron chi connectivity index (χ3n) is 11.5. The maximum atomic E-state index is 13.4. The fourth-order valence-electron chi connectivity index (χ4n) is 8.53. The summed E-state index contributed by atoms with van der Waals surface area (Å²) < 4.78 is 57.3. The average Bonchev–Trinajstić information content (AvgIpc) is 3.72. The maximum absolute atomic E-state index is 13.4. The number of halogens is 3. The molecule has 2 aliphatic heterocycles. The molecule has 2 N–H and O–H groups in total. The van der Waals surface area contributed by atoms with Gasteiger partial charge in [-0.2, -0.15) is 18.3 Å². The summed E-state index contributed by atoms with van der Waals surface area (Å²) in [6, 6.07) is 11.6. The minimum Gasteiger partial charge on any atom is -0.367 e. The second-order valence-electron chi connectivity index (χ2n) is 15.1. The van der Waals surface area contributed by atoms with E-state index in [2.05, 4.69) is 25.4 Å². The number of carbonyl (C=O) groups is 3. The first-order valence-electron chi connectivity index (χ1n) is 19.0. The summed E-state index contributed by atoms with van der Waals surface area (Å²) in [5.74, 6) is -1.10. The lowest BCUT2D eigenvalue weighted by Crippen LogP contribution is -2.48. The predicted octanol–water partition coefficient (Wildman–Crippen LogP) is 4.62. The molecule has 14 nitrogen and oxygen atoms in total. The smallest absolute Gasteiger partial charge is 0.367 e. The SMILES string of the molecule is Cn1c(=O)n(C2CCC(=O)NC2=O)c2cccc(N3CCN(CC4CCC(n5cc6cc(NC(=O)c7cccc(C(F)(F)F)n7)c(S(C)=O)cc6n5)CC4)CC3)c21. The molecule has 18 heteroatoms. The number of fused-ring (bicyclic) bond motifs is 2. The number of alkyl halides is 3. The van der Waals surface area contributed by atoms with Gasteiger partial charge >= 0.3 is 11.9 Å². The number of benzene rings is 2. The number of imidazole rings is 1. The van der Waals surface area contributed by atoms with Crippen LogP contribution in [0.15, 0.2) is 64.4 Å². The number of aryl methyl sites for hydroxylation is 1. The van der Waals surface area contributed by atoms with Crippen molar-refractivity contribution in [1.29, 1.82) is 0 Å². The van der Waals surface area contributed by atoms with Crippen molar-refractivity contribution in [3.05, 3.63) is 76.6 Å². The van der Waals surface area contributed by atoms with Crippen molar-refractivity contribution in [3.63, 3.8) is 0 Å². The fraction of sp³-hybridized carbons (Fsp3) is 0.436. The van der Waals surface area contributed by atoms with Gasteiger partial charge < -0.3 is 10.2 Å². The molecule has 3 aliphatic rings. The second-order valence-corrected chi connectivity index (χ2v) is 16.5. The lowest BCUT2D eigenvalue weighted by atomic mass is 9.85. The number of amides is 3. The number of imide groups is 1. The monoisotopic (exact) mass is 805 g/mol. The number of aromatic nitrogens is 5. The van der Waals surface area contributed by atoms with Crippen LogP contribution in [0.2, 0.25) is 0 Å². The fourth-order valence-corrected chi connectivity index (χ4v) is 9.23. The Morgan fingerprint density at radius 3 is 2.42 bits per heavy atom. The Morgan fingerprint density at radius 1 is 0.982 bits per heavy atom. The van der Waals surface area contributed by atoms with Crippen LogP contribution in [-0.2, 0) is 33.6 Å². The van der Waals surface area contributed by atoms with Gasteiger partial charge in [0, 0.05) is 64.0 Å². The van der Waals surface area contributed by atoms with Gasteiger partial charge in [-0.15, -0.1) is 0 Å². The molecule has 2 saturated heterocycles. The van der Waals surface area contributed by atoms with Crippen molar-refractivity contribution in [2.24, 2.45) is 13.0 Å². The molecule has 1 aliphatic carbocycles. The second kappa shape index (κ2) is 15.2. The summed E-state index contributed by atoms with van der Waals surface area (Å²) in [6.07, 6.45) is 3.03. The molecule has 2 aromatic carbocycles. The Kier molecular flexibility index (Phi) is 10.3. The van der Waals surface area contributed by atoms with Gasteiger partial charge in [0.1, 0.15) is 17.4 Å². The van der Waals surface area contributed by atoms with Gasteiger partial charge in [-0.1, -0.05) is 12.1 Å². The van der Waals surface area contributed by atoms with E-state index in [1.54, 1.807) is 23.7 Å². The van der Waals surface area contributed by atoms with Crippen LogP contribution in [0.25, 0.3) is 21.9 Å². The molecule has 8 rings (SSSR count). The highest BCUT2D eigenvalue weighted by Crippen LogP contribution is 2.36. The van der Waals surface area contributed by atoms with Gasteiger partial charge in [0.25, 0.3) is 5.91 Å². The number of carbonyl (C=O) groups excluding carboxylic acids is 3. The first-order chi connectivity index (χ1) is 27.2. The van der Waals surface area contributed by atoms with Crippen molar-refractivity contribution < 1.29 is 31.8 Å². The van der Waals surface area contributed by atoms with E-state index in [1.165, 1.54) is 16.9 Å². The van der Waals surface area contributed by atoms with Crippen LogP contribution < -0.4 is 21.2 Å². The molecular formula is C39H42F3N9O5S. The molecule has 3 amide bonds. The number of piperidine rings is 1. The van der Waals surface area contributed by atoms with Crippen LogP contribution in [0, 0.1) is 5.92 Å². The number of pyridine rings is 1. The molecule has 2 unspecified atom stereocenters. The number of nitrogens with zero attached hydrogens (tertiary/aromatic N) is 7. The zero-order valence-electron chi connectivity index (χ0n) is 31.4. The Hall–Kier alpha value is -5.36. The number of hydrogen-bond donors (Lipinski definition) is 2. The van der Waals surface area contributed by atoms with Crippen LogP contribution in [0.5, 0.6) is 0 Å². The van der Waals surface area contributed by atoms with Crippen LogP contribution in [0.1, 0.15) is 66.8 Å². The minimum absolute atomic E-state index is 0.160. The number of hydrogen-bond acceptors (Lipinski definition) is 9. The largest absolute Gasteiger partial charge is 0.433 e. The number of piperazine rings is 1. The van der Waals surface area contributed by atoms with Crippen molar-refractivity contribution in [2.75, 3.05) is 49.2 Å². The standard InChI is InChI=1S/C39H42F3N9O5S/c1-47-35-29(6-4-7-30(35)51(38(47)55)31-13-14-34(52)45-37(31)54)49-17-15-48(16-18-49)21-23-9-11-25(12-10-23)50-22-24-19-28(32(57(2)56)20-27(24)46-50)44-36(53)26-5-3-8-33(43-26)39(40,41)42/h3-8,19-20,22-23,25,31H,9-18,21H2,1-2H3,(H,44,53)(H,45,52,54). The third kappa shape index (κ3) is 7.59. The number of anilines is 2. The molecule has 57 heavy (non-hydrogen) atoms. The lowest BCUT2D eigenvalue weighted by Gasteiger charge is -2.39. The first kappa shape index (κ1) is 38.5. The maximum Gasteiger partial charge on any atom is 0.433 e. The quantitative estimate of drug-likeness (QED) is 0.214. The molecule has 300 valence electrons. The summed E-state index contributed by atoms with van der Waals surface area (Å²) in [5, 5.41) is 10.5. The van der Waals surface area contributed by atoms with E-state index in [1.807, 2.05) is 29.1 Å². The highest BCUT2D eigenvalue weighted by Gasteiger charge is 2.34. The van der Waals surface area contributed by atoms with Gasteiger partial charge in [0.05, 0.1) is 49.7 Å². The molecule has 3 fully saturated rings. The van der Waals surface area contributed by atoms with Gasteiger partial charge in [-0.3, -0.25) is 42.6 Å². The van der Waals surface area contributed by atoms with E-state index in [0.29, 0.717) is 27.2 Å². The summed E-state index contributed by atoms with van der Waals surface area (Å²) in [7, 11) is 0.199. The topological polar surface area (TPSA) is 156 Å². The Bertz CT molecular complexity index is 2480. The molecular weight excluding hydrogens is 764 g/mol. The van der Waals surface area contributed by atoms with E-state index in [4.69, 9.17) is 5.10 Å². The number of rotatable bonds is 8. The molecule has 0 bridgehead atoms.